The molecule has 0 saturated carbocycles. The zero-order valence-corrected chi connectivity index (χ0v) is 9.12. The molecule has 1 heterocycles. The fourth-order valence-electron chi connectivity index (χ4n) is 1.22. The number of hydrogen-bond acceptors (Lipinski definition) is 3. The number of hydrogen-bond donors (Lipinski definition) is 2. The Kier molecular flexibility index (Phi) is 3.16. The lowest BCUT2D eigenvalue weighted by atomic mass is 9.87. The summed E-state index contributed by atoms with van der Waals surface area (Å²) in [5.74, 6) is 0.621. The van der Waals surface area contributed by atoms with Gasteiger partial charge < -0.3 is 10.8 Å². The predicted octanol–water partition coefficient (Wildman–Crippen LogP) is 1.15. The van der Waals surface area contributed by atoms with Crippen LogP contribution in [0.25, 0.3) is 0 Å². The van der Waals surface area contributed by atoms with Crippen LogP contribution in [0.1, 0.15) is 32.9 Å². The predicted molar refractivity (Wildman–Crippen MR) is 57.0 cm³/mol. The molecule has 1 aromatic rings. The molecule has 1 aromatic heterocycles. The fourth-order valence-corrected chi connectivity index (χ4v) is 1.22. The molecule has 4 heteroatoms. The van der Waals surface area contributed by atoms with Crippen molar-refractivity contribution in [1.29, 1.82) is 0 Å². The largest absolute Gasteiger partial charge is 0.394 e. The number of nitrogens with two attached hydrogens (primary N) is 1. The smallest absolute Gasteiger partial charge is 0.122 e. The average molecular weight is 197 g/mol. The highest BCUT2D eigenvalue weighted by Crippen LogP contribution is 2.26. The Bertz CT molecular complexity index is 304. The van der Waals surface area contributed by atoms with Crippen molar-refractivity contribution in [2.45, 2.75) is 39.2 Å². The minimum atomic E-state index is 0.0504. The standard InChI is InChI=1S/C10H19N3O/c1-4-10(2,3)8-7-9(11)13(12-8)5-6-14/h7,14H,4-6,11H2,1-3H3. The van der Waals surface area contributed by atoms with E-state index >= 15 is 0 Å². The van der Waals surface area contributed by atoms with E-state index in [9.17, 15) is 0 Å². The van der Waals surface area contributed by atoms with Gasteiger partial charge in [0.1, 0.15) is 5.82 Å². The molecule has 0 aromatic carbocycles. The summed E-state index contributed by atoms with van der Waals surface area (Å²) in [7, 11) is 0. The van der Waals surface area contributed by atoms with Crippen molar-refractivity contribution in [3.63, 3.8) is 0 Å². The molecule has 0 saturated heterocycles. The number of aliphatic hydroxyl groups is 1. The van der Waals surface area contributed by atoms with Crippen LogP contribution in [-0.4, -0.2) is 21.5 Å². The van der Waals surface area contributed by atoms with Gasteiger partial charge in [-0.3, -0.25) is 0 Å². The summed E-state index contributed by atoms with van der Waals surface area (Å²) in [5, 5.41) is 13.2. The highest BCUT2D eigenvalue weighted by atomic mass is 16.3. The molecule has 0 aliphatic heterocycles. The molecular weight excluding hydrogens is 178 g/mol. The van der Waals surface area contributed by atoms with Gasteiger partial charge in [0.05, 0.1) is 18.8 Å². The normalized spacial score (nSPS) is 12.0. The highest BCUT2D eigenvalue weighted by Gasteiger charge is 2.22. The van der Waals surface area contributed by atoms with Crippen molar-refractivity contribution < 1.29 is 5.11 Å². The number of nitrogen functional groups attached to an aromatic ring is 1. The molecule has 0 amide bonds. The van der Waals surface area contributed by atoms with E-state index in [0.29, 0.717) is 12.4 Å². The molecule has 0 radical (unpaired) electrons. The first-order chi connectivity index (χ1) is 6.51. The first-order valence-electron chi connectivity index (χ1n) is 4.96. The van der Waals surface area contributed by atoms with Crippen LogP contribution in [0.15, 0.2) is 6.07 Å². The summed E-state index contributed by atoms with van der Waals surface area (Å²) in [5.41, 5.74) is 6.81. The minimum absolute atomic E-state index is 0.0504. The van der Waals surface area contributed by atoms with Gasteiger partial charge >= 0.3 is 0 Å². The summed E-state index contributed by atoms with van der Waals surface area (Å²) < 4.78 is 1.65. The molecule has 1 rings (SSSR count). The van der Waals surface area contributed by atoms with Crippen molar-refractivity contribution in [1.82, 2.24) is 9.78 Å². The van der Waals surface area contributed by atoms with E-state index in [4.69, 9.17) is 10.8 Å². The van der Waals surface area contributed by atoms with E-state index in [-0.39, 0.29) is 12.0 Å². The van der Waals surface area contributed by atoms with Gasteiger partial charge in [0.15, 0.2) is 0 Å². The van der Waals surface area contributed by atoms with E-state index in [0.717, 1.165) is 12.1 Å². The van der Waals surface area contributed by atoms with Crippen LogP contribution in [0.5, 0.6) is 0 Å². The van der Waals surface area contributed by atoms with Crippen LogP contribution < -0.4 is 5.73 Å². The van der Waals surface area contributed by atoms with Gasteiger partial charge in [-0.15, -0.1) is 0 Å². The Morgan fingerprint density at radius 3 is 2.71 bits per heavy atom. The Balaban J connectivity index is 2.96. The third-order valence-corrected chi connectivity index (χ3v) is 2.70. The molecular formula is C10H19N3O. The maximum atomic E-state index is 8.80. The van der Waals surface area contributed by atoms with E-state index in [1.807, 2.05) is 6.07 Å². The second-order valence-electron chi connectivity index (χ2n) is 4.14. The van der Waals surface area contributed by atoms with Crippen LogP contribution in [0, 0.1) is 0 Å². The first-order valence-corrected chi connectivity index (χ1v) is 4.96. The van der Waals surface area contributed by atoms with Crippen molar-refractivity contribution in [2.75, 3.05) is 12.3 Å². The van der Waals surface area contributed by atoms with Crippen molar-refractivity contribution >= 4 is 5.82 Å². The maximum absolute atomic E-state index is 8.80. The van der Waals surface area contributed by atoms with Crippen LogP contribution >= 0.6 is 0 Å². The molecule has 0 bridgehead atoms. The topological polar surface area (TPSA) is 64.1 Å². The summed E-state index contributed by atoms with van der Waals surface area (Å²) in [6, 6.07) is 1.89. The third kappa shape index (κ3) is 2.07. The number of nitrogens with zero attached hydrogens (tertiary/aromatic N) is 2. The molecule has 0 fully saturated rings. The van der Waals surface area contributed by atoms with E-state index in [1.165, 1.54) is 0 Å². The molecule has 0 atom stereocenters. The quantitative estimate of drug-likeness (QED) is 0.761. The number of aliphatic hydroxyl groups excluding tert-OH is 1. The van der Waals surface area contributed by atoms with Crippen LogP contribution in [0.2, 0.25) is 0 Å². The molecule has 3 N–H and O–H groups in total. The third-order valence-electron chi connectivity index (χ3n) is 2.70. The van der Waals surface area contributed by atoms with Crippen LogP contribution in [-0.2, 0) is 12.0 Å². The summed E-state index contributed by atoms with van der Waals surface area (Å²) in [6.07, 6.45) is 1.02. The first kappa shape index (κ1) is 11.0. The summed E-state index contributed by atoms with van der Waals surface area (Å²) >= 11 is 0. The van der Waals surface area contributed by atoms with Gasteiger partial charge in [0.2, 0.25) is 0 Å². The molecule has 0 aliphatic carbocycles. The van der Waals surface area contributed by atoms with Crippen molar-refractivity contribution in [3.8, 4) is 0 Å². The van der Waals surface area contributed by atoms with Gasteiger partial charge in [0.25, 0.3) is 0 Å². The minimum Gasteiger partial charge on any atom is -0.394 e. The average Bonchev–Trinajstić information content (AvgIpc) is 2.49. The Morgan fingerprint density at radius 2 is 2.21 bits per heavy atom. The van der Waals surface area contributed by atoms with E-state index in [2.05, 4.69) is 25.9 Å². The lowest BCUT2D eigenvalue weighted by molar-refractivity contribution is 0.269. The zero-order chi connectivity index (χ0) is 10.8. The molecule has 14 heavy (non-hydrogen) atoms. The molecule has 0 aliphatic rings. The van der Waals surface area contributed by atoms with Crippen LogP contribution in [0.4, 0.5) is 5.82 Å². The number of aromatic nitrogens is 2. The number of anilines is 1. The lowest BCUT2D eigenvalue weighted by Crippen LogP contribution is -2.17. The van der Waals surface area contributed by atoms with Gasteiger partial charge in [-0.05, 0) is 6.42 Å². The Morgan fingerprint density at radius 1 is 1.57 bits per heavy atom. The van der Waals surface area contributed by atoms with Gasteiger partial charge in [-0.25, -0.2) is 4.68 Å². The van der Waals surface area contributed by atoms with Gasteiger partial charge in [-0.2, -0.15) is 5.10 Å². The second-order valence-corrected chi connectivity index (χ2v) is 4.14. The lowest BCUT2D eigenvalue weighted by Gasteiger charge is -2.19. The van der Waals surface area contributed by atoms with Gasteiger partial charge in [0, 0.05) is 11.5 Å². The second kappa shape index (κ2) is 4.00. The summed E-state index contributed by atoms with van der Waals surface area (Å²) in [6.45, 7) is 6.93. The zero-order valence-electron chi connectivity index (χ0n) is 9.12. The van der Waals surface area contributed by atoms with Crippen molar-refractivity contribution in [3.05, 3.63) is 11.8 Å². The number of rotatable bonds is 4. The molecule has 80 valence electrons. The Labute approximate surface area is 84.7 Å². The van der Waals surface area contributed by atoms with E-state index in [1.54, 1.807) is 4.68 Å². The molecule has 4 nitrogen and oxygen atoms in total. The van der Waals surface area contributed by atoms with Crippen molar-refractivity contribution in [2.24, 2.45) is 0 Å². The van der Waals surface area contributed by atoms with Gasteiger partial charge in [-0.1, -0.05) is 20.8 Å². The highest BCUT2D eigenvalue weighted by molar-refractivity contribution is 5.33. The SMILES string of the molecule is CCC(C)(C)c1cc(N)n(CCO)n1. The monoisotopic (exact) mass is 197 g/mol. The Hall–Kier alpha value is -1.03. The fraction of sp³-hybridized carbons (Fsp3) is 0.700. The maximum Gasteiger partial charge on any atom is 0.122 e. The summed E-state index contributed by atoms with van der Waals surface area (Å²) in [4.78, 5) is 0. The molecule has 0 unspecified atom stereocenters. The van der Waals surface area contributed by atoms with Crippen LogP contribution in [0.3, 0.4) is 0 Å². The van der Waals surface area contributed by atoms with E-state index < -0.39 is 0 Å². The molecule has 0 spiro atoms.